The van der Waals surface area contributed by atoms with Gasteiger partial charge in [-0.25, -0.2) is 9.67 Å². The Labute approximate surface area is 144 Å². The van der Waals surface area contributed by atoms with Crippen molar-refractivity contribution in [3.63, 3.8) is 0 Å². The quantitative estimate of drug-likeness (QED) is 0.762. The number of nitrogens with one attached hydrogen (secondary N) is 1. The fourth-order valence-corrected chi connectivity index (χ4v) is 3.11. The summed E-state index contributed by atoms with van der Waals surface area (Å²) in [7, 11) is 0. The Hall–Kier alpha value is -2.93. The van der Waals surface area contributed by atoms with E-state index in [1.165, 1.54) is 6.26 Å². The van der Waals surface area contributed by atoms with E-state index in [2.05, 4.69) is 15.4 Å². The van der Waals surface area contributed by atoms with Crippen LogP contribution < -0.4 is 5.32 Å². The highest BCUT2D eigenvalue weighted by Gasteiger charge is 2.28. The zero-order valence-electron chi connectivity index (χ0n) is 13.6. The maximum atomic E-state index is 12.5. The van der Waals surface area contributed by atoms with E-state index in [1.807, 2.05) is 30.3 Å². The minimum Gasteiger partial charge on any atom is -0.468 e. The van der Waals surface area contributed by atoms with Crippen molar-refractivity contribution in [3.8, 4) is 0 Å². The van der Waals surface area contributed by atoms with Crippen molar-refractivity contribution < 1.29 is 14.3 Å². The number of aliphatic hydroxyl groups excluding tert-OH is 1. The molecule has 1 aliphatic carbocycles. The number of carbonyl (C=O) groups excluding carboxylic acids is 1. The Morgan fingerprint density at radius 1 is 1.36 bits per heavy atom. The first-order chi connectivity index (χ1) is 12.2. The number of fused-ring (bicyclic) bond motifs is 1. The lowest BCUT2D eigenvalue weighted by atomic mass is 9.92. The maximum Gasteiger partial charge on any atom is 0.261 e. The highest BCUT2D eigenvalue weighted by molar-refractivity contribution is 6.04. The molecule has 2 aromatic heterocycles. The molecule has 1 aliphatic rings. The average Bonchev–Trinajstić information content (AvgIpc) is 3.23. The number of rotatable bonds is 4. The van der Waals surface area contributed by atoms with Gasteiger partial charge in [-0.15, -0.1) is 5.10 Å². The van der Waals surface area contributed by atoms with Gasteiger partial charge in [0.2, 0.25) is 5.95 Å². The van der Waals surface area contributed by atoms with Crippen LogP contribution in [-0.2, 0) is 13.0 Å². The van der Waals surface area contributed by atoms with Crippen molar-refractivity contribution in [1.82, 2.24) is 14.8 Å². The van der Waals surface area contributed by atoms with Gasteiger partial charge in [0.15, 0.2) is 0 Å². The van der Waals surface area contributed by atoms with E-state index in [4.69, 9.17) is 4.42 Å². The predicted octanol–water partition coefficient (Wildman–Crippen LogP) is 2.54. The fraction of sp³-hybridized carbons (Fsp3) is 0.278. The van der Waals surface area contributed by atoms with Crippen LogP contribution in [0.15, 0.2) is 47.3 Å². The average molecular weight is 338 g/mol. The summed E-state index contributed by atoms with van der Waals surface area (Å²) in [5.74, 6) is 0.538. The summed E-state index contributed by atoms with van der Waals surface area (Å²) in [5.41, 5.74) is 2.03. The molecule has 0 saturated carbocycles. The minimum absolute atomic E-state index is 0.223. The van der Waals surface area contributed by atoms with Crippen molar-refractivity contribution in [2.24, 2.45) is 0 Å². The first-order valence-electron chi connectivity index (χ1n) is 8.24. The zero-order chi connectivity index (χ0) is 17.2. The van der Waals surface area contributed by atoms with Gasteiger partial charge >= 0.3 is 0 Å². The second-order valence-electron chi connectivity index (χ2n) is 6.10. The van der Waals surface area contributed by atoms with Gasteiger partial charge < -0.3 is 9.52 Å². The number of aromatic nitrogens is 3. The lowest BCUT2D eigenvalue weighted by Gasteiger charge is -2.17. The van der Waals surface area contributed by atoms with E-state index in [9.17, 15) is 9.90 Å². The van der Waals surface area contributed by atoms with Crippen molar-refractivity contribution in [2.75, 3.05) is 5.32 Å². The number of furan rings is 1. The van der Waals surface area contributed by atoms with Crippen LogP contribution in [0.4, 0.5) is 5.95 Å². The van der Waals surface area contributed by atoms with Gasteiger partial charge in [0, 0.05) is 12.0 Å². The summed E-state index contributed by atoms with van der Waals surface area (Å²) < 4.78 is 7.09. The number of benzene rings is 1. The Bertz CT molecular complexity index is 885. The van der Waals surface area contributed by atoms with Gasteiger partial charge in [-0.3, -0.25) is 10.1 Å². The van der Waals surface area contributed by atoms with Crippen LogP contribution in [0.3, 0.4) is 0 Å². The van der Waals surface area contributed by atoms with E-state index in [-0.39, 0.29) is 11.9 Å². The minimum atomic E-state index is -0.660. The molecule has 1 aromatic carbocycles. The maximum absolute atomic E-state index is 12.5. The molecule has 2 N–H and O–H groups in total. The van der Waals surface area contributed by atoms with Crippen LogP contribution in [-0.4, -0.2) is 25.8 Å². The Morgan fingerprint density at radius 3 is 3.04 bits per heavy atom. The molecule has 3 aromatic rings. The van der Waals surface area contributed by atoms with Gasteiger partial charge in [-0.1, -0.05) is 30.3 Å². The van der Waals surface area contributed by atoms with Crippen molar-refractivity contribution >= 4 is 11.9 Å². The molecule has 0 saturated heterocycles. The second kappa shape index (κ2) is 6.52. The first kappa shape index (κ1) is 15.6. The SMILES string of the molecule is O=C(Nc1ncn(Cc2ccccc2)n1)c1coc2c1C(O)CCC2. The standard InChI is InChI=1S/C18H18N4O3/c23-14-7-4-8-15-16(14)13(10-25-15)17(24)20-18-19-11-22(21-18)9-12-5-2-1-3-6-12/h1-3,5-6,10-11,14,23H,4,7-9H2,(H,20,21,24). The van der Waals surface area contributed by atoms with Gasteiger partial charge in [-0.05, 0) is 18.4 Å². The largest absolute Gasteiger partial charge is 0.468 e. The number of hydrogen-bond acceptors (Lipinski definition) is 5. The van der Waals surface area contributed by atoms with Crippen LogP contribution in [0.2, 0.25) is 0 Å². The number of anilines is 1. The highest BCUT2D eigenvalue weighted by Crippen LogP contribution is 2.33. The molecule has 0 spiro atoms. The molecule has 1 amide bonds. The monoisotopic (exact) mass is 338 g/mol. The Kier molecular flexibility index (Phi) is 4.07. The molecule has 7 heteroatoms. The lowest BCUT2D eigenvalue weighted by molar-refractivity contribution is 0.101. The van der Waals surface area contributed by atoms with Crippen molar-refractivity contribution in [2.45, 2.75) is 31.9 Å². The van der Waals surface area contributed by atoms with Crippen LogP contribution in [0, 0.1) is 0 Å². The van der Waals surface area contributed by atoms with E-state index in [1.54, 1.807) is 11.0 Å². The molecule has 0 bridgehead atoms. The molecule has 7 nitrogen and oxygen atoms in total. The number of amides is 1. The van der Waals surface area contributed by atoms with Crippen LogP contribution in [0.1, 0.15) is 46.2 Å². The zero-order valence-corrected chi connectivity index (χ0v) is 13.6. The molecule has 1 atom stereocenters. The number of nitrogens with zero attached hydrogens (tertiary/aromatic N) is 3. The smallest absolute Gasteiger partial charge is 0.261 e. The Morgan fingerprint density at radius 2 is 2.20 bits per heavy atom. The number of aryl methyl sites for hydroxylation is 1. The summed E-state index contributed by atoms with van der Waals surface area (Å²) in [6.45, 7) is 0.573. The van der Waals surface area contributed by atoms with Crippen LogP contribution in [0.25, 0.3) is 0 Å². The molecule has 1 unspecified atom stereocenters. The molecular formula is C18H18N4O3. The van der Waals surface area contributed by atoms with E-state index in [0.29, 0.717) is 29.9 Å². The summed E-state index contributed by atoms with van der Waals surface area (Å²) in [5, 5.41) is 17.1. The molecule has 4 rings (SSSR count). The topological polar surface area (TPSA) is 93.2 Å². The third-order valence-corrected chi connectivity index (χ3v) is 4.32. The molecule has 0 aliphatic heterocycles. The molecule has 0 fully saturated rings. The third-order valence-electron chi connectivity index (χ3n) is 4.32. The van der Waals surface area contributed by atoms with Crippen LogP contribution >= 0.6 is 0 Å². The van der Waals surface area contributed by atoms with Gasteiger partial charge in [0.25, 0.3) is 5.91 Å². The summed E-state index contributed by atoms with van der Waals surface area (Å²) >= 11 is 0. The second-order valence-corrected chi connectivity index (χ2v) is 6.10. The number of aliphatic hydroxyl groups is 1. The number of carbonyl (C=O) groups is 1. The highest BCUT2D eigenvalue weighted by atomic mass is 16.3. The van der Waals surface area contributed by atoms with Crippen molar-refractivity contribution in [1.29, 1.82) is 0 Å². The molecule has 128 valence electrons. The fourth-order valence-electron chi connectivity index (χ4n) is 3.11. The van der Waals surface area contributed by atoms with E-state index < -0.39 is 6.10 Å². The lowest BCUT2D eigenvalue weighted by Crippen LogP contribution is -2.17. The molecule has 25 heavy (non-hydrogen) atoms. The summed E-state index contributed by atoms with van der Waals surface area (Å²) in [4.78, 5) is 16.6. The van der Waals surface area contributed by atoms with Gasteiger partial charge in [0.1, 0.15) is 18.4 Å². The van der Waals surface area contributed by atoms with Gasteiger partial charge in [0.05, 0.1) is 18.2 Å². The molecular weight excluding hydrogens is 320 g/mol. The normalized spacial score (nSPS) is 16.4. The van der Waals surface area contributed by atoms with Gasteiger partial charge in [-0.2, -0.15) is 0 Å². The summed E-state index contributed by atoms with van der Waals surface area (Å²) in [6, 6.07) is 9.87. The molecule has 0 radical (unpaired) electrons. The third kappa shape index (κ3) is 3.18. The Balaban J connectivity index is 1.48. The predicted molar refractivity (Wildman–Crippen MR) is 90.1 cm³/mol. The summed E-state index contributed by atoms with van der Waals surface area (Å²) in [6.07, 6.45) is 4.54. The number of hydrogen-bond donors (Lipinski definition) is 2. The molecule has 2 heterocycles. The van der Waals surface area contributed by atoms with E-state index >= 15 is 0 Å². The van der Waals surface area contributed by atoms with Crippen molar-refractivity contribution in [3.05, 3.63) is 65.4 Å². The van der Waals surface area contributed by atoms with Crippen LogP contribution in [0.5, 0.6) is 0 Å². The van der Waals surface area contributed by atoms with E-state index in [0.717, 1.165) is 18.4 Å². The first-order valence-corrected chi connectivity index (χ1v) is 8.24.